The van der Waals surface area contributed by atoms with Crippen molar-refractivity contribution in [1.82, 2.24) is 0 Å². The molecular weight excluding hydrogens is 548 g/mol. The van der Waals surface area contributed by atoms with E-state index in [1.54, 1.807) is 6.08 Å². The Labute approximate surface area is 259 Å². The van der Waals surface area contributed by atoms with Gasteiger partial charge in [0.25, 0.3) is 0 Å². The lowest BCUT2D eigenvalue weighted by molar-refractivity contribution is -0.121. The van der Waals surface area contributed by atoms with Crippen LogP contribution in [0.1, 0.15) is 101 Å². The highest BCUT2D eigenvalue weighted by molar-refractivity contribution is 5.98. The number of ketones is 4. The summed E-state index contributed by atoms with van der Waals surface area (Å²) in [7, 11) is 0. The van der Waals surface area contributed by atoms with E-state index in [1.165, 1.54) is 5.57 Å². The van der Waals surface area contributed by atoms with Gasteiger partial charge in [-0.2, -0.15) is 0 Å². The lowest BCUT2D eigenvalue weighted by Crippen LogP contribution is -2.15. The average Bonchev–Trinajstić information content (AvgIpc) is 3.64. The molecule has 246 valence electrons. The minimum atomic E-state index is -0.382. The van der Waals surface area contributed by atoms with Gasteiger partial charge in [-0.1, -0.05) is 67.0 Å². The molecule has 5 aliphatic carbocycles. The van der Waals surface area contributed by atoms with Gasteiger partial charge in [-0.05, 0) is 67.9 Å². The van der Waals surface area contributed by atoms with E-state index < -0.39 is 0 Å². The number of allylic oxidation sites excluding steroid dienone is 4. The maximum Gasteiger partial charge on any atom is 0.158 e. The zero-order valence-electron chi connectivity index (χ0n) is 28.0. The zero-order chi connectivity index (χ0) is 33.3. The lowest BCUT2D eigenvalue weighted by atomic mass is 9.98. The van der Waals surface area contributed by atoms with E-state index in [2.05, 4.69) is 6.92 Å². The number of carbonyl (C=O) groups is 4. The molecule has 0 amide bonds. The fraction of sp³-hybridized carbons (Fsp3) is 0.771. The zero-order valence-corrected chi connectivity index (χ0v) is 28.0. The highest BCUT2D eigenvalue weighted by atomic mass is 16.3. The third-order valence-electron chi connectivity index (χ3n) is 10.7. The molecule has 0 aromatic rings. The summed E-state index contributed by atoms with van der Waals surface area (Å²) in [5, 5.41) is 36.6. The Morgan fingerprint density at radius 2 is 1.00 bits per heavy atom. The molecule has 0 bridgehead atoms. The minimum Gasteiger partial charge on any atom is -0.393 e. The van der Waals surface area contributed by atoms with Gasteiger partial charge in [-0.15, -0.1) is 0 Å². The van der Waals surface area contributed by atoms with Crippen molar-refractivity contribution in [2.24, 2.45) is 47.3 Å². The van der Waals surface area contributed by atoms with Crippen LogP contribution < -0.4 is 0 Å². The molecule has 3 fully saturated rings. The van der Waals surface area contributed by atoms with Crippen molar-refractivity contribution in [3.8, 4) is 0 Å². The van der Waals surface area contributed by atoms with Gasteiger partial charge in [0.15, 0.2) is 11.6 Å². The molecule has 0 radical (unpaired) electrons. The highest BCUT2D eigenvalue weighted by Gasteiger charge is 2.36. The second-order valence-electron chi connectivity index (χ2n) is 13.6. The second-order valence-corrected chi connectivity index (χ2v) is 13.6. The van der Waals surface area contributed by atoms with Crippen LogP contribution in [0.15, 0.2) is 23.3 Å². The number of Topliss-reactive ketones (excluding diaryl/α,β-unsaturated/α-hetero) is 3. The Kier molecular flexibility index (Phi) is 15.9. The highest BCUT2D eigenvalue weighted by Crippen LogP contribution is 2.31. The van der Waals surface area contributed by atoms with Crippen LogP contribution in [0.25, 0.3) is 0 Å². The Morgan fingerprint density at radius 1 is 0.581 bits per heavy atom. The number of hydrogen-bond donors (Lipinski definition) is 4. The predicted octanol–water partition coefficient (Wildman–Crippen LogP) is 4.65. The van der Waals surface area contributed by atoms with Crippen LogP contribution in [0.4, 0.5) is 0 Å². The molecule has 8 heteroatoms. The van der Waals surface area contributed by atoms with Crippen molar-refractivity contribution in [3.63, 3.8) is 0 Å². The van der Waals surface area contributed by atoms with Gasteiger partial charge in [0, 0.05) is 37.0 Å². The largest absolute Gasteiger partial charge is 0.393 e. The monoisotopic (exact) mass is 606 g/mol. The third kappa shape index (κ3) is 11.1. The lowest BCUT2D eigenvalue weighted by Gasteiger charge is -2.12. The van der Waals surface area contributed by atoms with Gasteiger partial charge in [0.05, 0.1) is 24.4 Å². The quantitative estimate of drug-likeness (QED) is 0.311. The van der Waals surface area contributed by atoms with E-state index in [4.69, 9.17) is 10.2 Å². The topological polar surface area (TPSA) is 149 Å². The SMILES string of the molecule is CC1=C(C)C(=O)CC1.C[C@@H]1[C@@H](C)[C@@H](O)C[C@H]1O.C[C@H]1C=CC(=O)[C@@H]1C.C[C@H]1[C@@H](O)CC(=O)[C@@H]1C.C[C@H]1[C@H](O)CC(=O)[C@@H]1C. The molecule has 0 heterocycles. The third-order valence-corrected chi connectivity index (χ3v) is 10.7. The van der Waals surface area contributed by atoms with E-state index in [0.29, 0.717) is 31.0 Å². The molecule has 8 nitrogen and oxygen atoms in total. The van der Waals surface area contributed by atoms with Gasteiger partial charge >= 0.3 is 0 Å². The van der Waals surface area contributed by atoms with Crippen LogP contribution >= 0.6 is 0 Å². The number of rotatable bonds is 0. The summed E-state index contributed by atoms with van der Waals surface area (Å²) in [5.41, 5.74) is 2.26. The Hall–Kier alpha value is -2.00. The molecule has 0 aromatic heterocycles. The molecule has 12 atom stereocenters. The smallest absolute Gasteiger partial charge is 0.158 e. The Balaban J connectivity index is 0.000000269. The summed E-state index contributed by atoms with van der Waals surface area (Å²) in [6.07, 6.45) is 5.34. The number of carbonyl (C=O) groups excluding carboxylic acids is 4. The maximum atomic E-state index is 10.8. The first-order valence-corrected chi connectivity index (χ1v) is 16.0. The van der Waals surface area contributed by atoms with E-state index in [-0.39, 0.29) is 83.2 Å². The number of aliphatic hydroxyl groups excluding tert-OH is 4. The van der Waals surface area contributed by atoms with E-state index in [0.717, 1.165) is 18.4 Å². The molecule has 0 saturated heterocycles. The summed E-state index contributed by atoms with van der Waals surface area (Å²) < 4.78 is 0. The summed E-state index contributed by atoms with van der Waals surface area (Å²) in [4.78, 5) is 43.1. The molecule has 5 rings (SSSR count). The Bertz CT molecular complexity index is 985. The molecule has 3 saturated carbocycles. The molecule has 0 aromatic carbocycles. The second kappa shape index (κ2) is 17.5. The van der Waals surface area contributed by atoms with Gasteiger partial charge in [-0.3, -0.25) is 19.2 Å². The van der Waals surface area contributed by atoms with Crippen molar-refractivity contribution in [1.29, 1.82) is 0 Å². The molecule has 0 aliphatic heterocycles. The first-order chi connectivity index (χ1) is 19.8. The fourth-order valence-electron chi connectivity index (χ4n) is 5.52. The van der Waals surface area contributed by atoms with E-state index >= 15 is 0 Å². The average molecular weight is 607 g/mol. The van der Waals surface area contributed by atoms with Gasteiger partial charge in [-0.25, -0.2) is 0 Å². The molecule has 43 heavy (non-hydrogen) atoms. The number of aliphatic hydroxyl groups is 4. The summed E-state index contributed by atoms with van der Waals surface area (Å²) >= 11 is 0. The standard InChI is InChI=1S/C7H14O2.2C7H12O2.2C7H10O/c3*1-4-5(2)7(9)3-6(4)8;2*1-5-3-4-7(8)6(5)2/h4-9H,3H2,1-2H3;2*4-6,8H,3H2,1-2H3;3-4H2,1-2H3;3-6H,1-2H3/t4-,5-,6-,7+;4-,5-,6+;4-,5-,6-;;5-,6+/m111.0/s1. The molecule has 0 spiro atoms. The molecule has 5 aliphatic rings. The molecule has 0 unspecified atom stereocenters. The summed E-state index contributed by atoms with van der Waals surface area (Å²) in [6, 6.07) is 0. The van der Waals surface area contributed by atoms with Gasteiger partial charge < -0.3 is 20.4 Å². The van der Waals surface area contributed by atoms with Crippen molar-refractivity contribution in [2.45, 2.75) is 126 Å². The van der Waals surface area contributed by atoms with Crippen LogP contribution in [-0.4, -0.2) is 68.0 Å². The molecular formula is C35H58O8. The van der Waals surface area contributed by atoms with E-state index in [1.807, 2.05) is 68.4 Å². The van der Waals surface area contributed by atoms with Crippen LogP contribution in [0.3, 0.4) is 0 Å². The van der Waals surface area contributed by atoms with Crippen LogP contribution in [0.5, 0.6) is 0 Å². The number of hydrogen-bond acceptors (Lipinski definition) is 8. The summed E-state index contributed by atoms with van der Waals surface area (Å²) in [5.74, 6) is 2.71. The first kappa shape index (κ1) is 39.0. The molecule has 4 N–H and O–H groups in total. The van der Waals surface area contributed by atoms with Crippen molar-refractivity contribution in [3.05, 3.63) is 23.3 Å². The van der Waals surface area contributed by atoms with Crippen molar-refractivity contribution < 1.29 is 39.6 Å². The Morgan fingerprint density at radius 3 is 1.09 bits per heavy atom. The van der Waals surface area contributed by atoms with Crippen molar-refractivity contribution >= 4 is 23.1 Å². The van der Waals surface area contributed by atoms with Gasteiger partial charge in [0.1, 0.15) is 11.6 Å². The predicted molar refractivity (Wildman–Crippen MR) is 168 cm³/mol. The van der Waals surface area contributed by atoms with Crippen LogP contribution in [0, 0.1) is 47.3 Å². The van der Waals surface area contributed by atoms with E-state index in [9.17, 15) is 29.4 Å². The fourth-order valence-corrected chi connectivity index (χ4v) is 5.52. The first-order valence-electron chi connectivity index (χ1n) is 16.0. The summed E-state index contributed by atoms with van der Waals surface area (Å²) in [6.45, 7) is 19.5. The minimum absolute atomic E-state index is 0.0694. The van der Waals surface area contributed by atoms with Crippen molar-refractivity contribution in [2.75, 3.05) is 0 Å². The van der Waals surface area contributed by atoms with Crippen LogP contribution in [-0.2, 0) is 19.2 Å². The van der Waals surface area contributed by atoms with Crippen LogP contribution in [0.2, 0.25) is 0 Å². The normalized spacial score (nSPS) is 39.9. The van der Waals surface area contributed by atoms with Gasteiger partial charge in [0.2, 0.25) is 0 Å². The maximum absolute atomic E-state index is 10.8.